The van der Waals surface area contributed by atoms with E-state index < -0.39 is 0 Å². The summed E-state index contributed by atoms with van der Waals surface area (Å²) in [5, 5.41) is 0. The Morgan fingerprint density at radius 2 is 0.970 bits per heavy atom. The molecule has 2 aromatic carbocycles. The van der Waals surface area contributed by atoms with E-state index in [1.807, 2.05) is 57.2 Å². The Morgan fingerprint density at radius 3 is 1.24 bits per heavy atom. The number of allylic oxidation sites excluding steroid dienone is 6. The summed E-state index contributed by atoms with van der Waals surface area (Å²) in [6, 6.07) is 15.5. The molecular formula is C28H38N2OY2-2. The van der Waals surface area contributed by atoms with E-state index in [1.165, 1.54) is 22.3 Å². The number of Topliss-reactive ketones (excluding diaryl/α,β-unsaturated/α-hetero) is 1. The molecule has 0 amide bonds. The van der Waals surface area contributed by atoms with Gasteiger partial charge in [0.05, 0.1) is 0 Å². The minimum absolute atomic E-state index is 0. The van der Waals surface area contributed by atoms with Gasteiger partial charge in [-0.1, -0.05) is 38.1 Å². The van der Waals surface area contributed by atoms with Crippen LogP contribution in [-0.4, -0.2) is 5.78 Å². The second-order valence-corrected chi connectivity index (χ2v) is 7.18. The van der Waals surface area contributed by atoms with E-state index in [2.05, 4.69) is 45.9 Å². The molecule has 0 aliphatic heterocycles. The number of nitrogen functional groups attached to an aromatic ring is 2. The van der Waals surface area contributed by atoms with Crippen LogP contribution in [0.3, 0.4) is 0 Å². The van der Waals surface area contributed by atoms with Gasteiger partial charge in [-0.15, -0.1) is 19.4 Å². The predicted molar refractivity (Wildman–Crippen MR) is 138 cm³/mol. The third-order valence-electron chi connectivity index (χ3n) is 5.28. The molecule has 5 heteroatoms. The smallest absolute Gasteiger partial charge is 0.155 e. The number of carbonyl (C=O) groups excluding carboxylic acids is 1. The number of ketones is 1. The number of anilines is 2. The quantitative estimate of drug-likeness (QED) is 0.168. The van der Waals surface area contributed by atoms with Crippen molar-refractivity contribution in [3.8, 4) is 0 Å². The fourth-order valence-electron chi connectivity index (χ4n) is 2.63. The molecule has 4 N–H and O–H groups in total. The van der Waals surface area contributed by atoms with Crippen LogP contribution in [-0.2, 0) is 70.2 Å². The van der Waals surface area contributed by atoms with Crippen molar-refractivity contribution in [1.29, 1.82) is 0 Å². The molecule has 0 saturated carbocycles. The van der Waals surface area contributed by atoms with Crippen molar-refractivity contribution in [3.63, 3.8) is 0 Å². The molecular weight excluding hydrogens is 558 g/mol. The van der Waals surface area contributed by atoms with Crippen molar-refractivity contribution in [2.45, 2.75) is 55.4 Å². The summed E-state index contributed by atoms with van der Waals surface area (Å²) in [4.78, 5) is 11.1. The molecule has 0 aromatic heterocycles. The summed E-state index contributed by atoms with van der Waals surface area (Å²) >= 11 is 0. The van der Waals surface area contributed by atoms with Gasteiger partial charge in [-0.2, -0.15) is 12.5 Å². The number of nitrogens with two attached hydrogens (primary N) is 2. The Kier molecular flexibility index (Phi) is 21.6. The standard InChI is InChI=1S/C14H18N.C12H15NO.C2H5.2Y/c1-5-10(2)11(3)12(4)13-6-8-14(15)9-7-13;1-8(10(3)14)9(2)11-4-6-12(13)7-5-11;1-2;;/h6-9H,15H2,1-4H3;4-7H,13H2,1-3H3;1H2,2H3;;/q-1;;-1;;/b12-11+;9-8+;;;. The van der Waals surface area contributed by atoms with Crippen LogP contribution in [0.2, 0.25) is 0 Å². The summed E-state index contributed by atoms with van der Waals surface area (Å²) in [5.41, 5.74) is 20.6. The molecule has 0 aliphatic carbocycles. The Balaban J connectivity index is -0.000000481. The first-order valence-electron chi connectivity index (χ1n) is 10.4. The molecule has 33 heavy (non-hydrogen) atoms. The molecule has 0 unspecified atom stereocenters. The second-order valence-electron chi connectivity index (χ2n) is 7.18. The van der Waals surface area contributed by atoms with Crippen molar-refractivity contribution >= 4 is 28.3 Å². The summed E-state index contributed by atoms with van der Waals surface area (Å²) < 4.78 is 0. The minimum atomic E-state index is 0. The summed E-state index contributed by atoms with van der Waals surface area (Å²) in [6.07, 6.45) is 3.16. The minimum Gasteiger partial charge on any atom is -0.399 e. The Hall–Kier alpha value is -0.862. The zero-order valence-corrected chi connectivity index (χ0v) is 27.2. The van der Waals surface area contributed by atoms with Crippen molar-refractivity contribution in [1.82, 2.24) is 0 Å². The molecule has 2 radical (unpaired) electrons. The molecule has 0 aliphatic rings. The van der Waals surface area contributed by atoms with Gasteiger partial charge in [0.2, 0.25) is 0 Å². The first-order valence-corrected chi connectivity index (χ1v) is 10.4. The van der Waals surface area contributed by atoms with E-state index in [4.69, 9.17) is 11.5 Å². The van der Waals surface area contributed by atoms with Crippen LogP contribution < -0.4 is 11.5 Å². The van der Waals surface area contributed by atoms with Crippen LogP contribution in [0, 0.1) is 13.0 Å². The van der Waals surface area contributed by atoms with Gasteiger partial charge in [0.25, 0.3) is 0 Å². The third-order valence-corrected chi connectivity index (χ3v) is 5.28. The zero-order valence-electron chi connectivity index (χ0n) is 21.5. The first kappa shape index (κ1) is 36.7. The molecule has 174 valence electrons. The Bertz CT molecular complexity index is 939. The van der Waals surface area contributed by atoms with Crippen molar-refractivity contribution in [2.24, 2.45) is 0 Å². The average molecular weight is 596 g/mol. The molecule has 0 spiro atoms. The Morgan fingerprint density at radius 1 is 0.667 bits per heavy atom. The first-order chi connectivity index (χ1) is 14.6. The number of carbonyl (C=O) groups is 1. The molecule has 2 aromatic rings. The number of rotatable bonds is 4. The van der Waals surface area contributed by atoms with Crippen LogP contribution in [0.15, 0.2) is 65.3 Å². The fourth-order valence-corrected chi connectivity index (χ4v) is 2.63. The third kappa shape index (κ3) is 13.0. The fraction of sp³-hybridized carbons (Fsp3) is 0.286. The number of hydrogen-bond acceptors (Lipinski definition) is 3. The van der Waals surface area contributed by atoms with Crippen LogP contribution in [0.5, 0.6) is 0 Å². The van der Waals surface area contributed by atoms with Crippen LogP contribution in [0.1, 0.15) is 66.5 Å². The van der Waals surface area contributed by atoms with Crippen LogP contribution in [0.25, 0.3) is 11.1 Å². The summed E-state index contributed by atoms with van der Waals surface area (Å²) in [7, 11) is 0. The van der Waals surface area contributed by atoms with Crippen LogP contribution in [0.4, 0.5) is 11.4 Å². The van der Waals surface area contributed by atoms with Crippen LogP contribution >= 0.6 is 0 Å². The second kappa shape index (κ2) is 19.4. The molecule has 3 nitrogen and oxygen atoms in total. The molecule has 0 fully saturated rings. The van der Waals surface area contributed by atoms with Gasteiger partial charge in [0, 0.05) is 76.8 Å². The van der Waals surface area contributed by atoms with Gasteiger partial charge in [-0.25, -0.2) is 5.57 Å². The largest absolute Gasteiger partial charge is 0.399 e. The van der Waals surface area contributed by atoms with Gasteiger partial charge in [0.15, 0.2) is 5.78 Å². The summed E-state index contributed by atoms with van der Waals surface area (Å²) in [5.74, 6) is 0.110. The maximum absolute atomic E-state index is 11.1. The van der Waals surface area contributed by atoms with E-state index in [0.29, 0.717) is 0 Å². The SMILES string of the molecule is CC(=O)/C(C)=C(\C)c1ccc(N)cc1.C[C-]=C(C)/C(C)=C(\C)c1ccc(N)cc1.[CH2-]C.[Y].[Y]. The molecule has 0 bridgehead atoms. The average Bonchev–Trinajstić information content (AvgIpc) is 2.79. The van der Waals surface area contributed by atoms with E-state index in [0.717, 1.165) is 28.1 Å². The molecule has 0 saturated heterocycles. The van der Waals surface area contributed by atoms with Gasteiger partial charge in [-0.3, -0.25) is 10.9 Å². The van der Waals surface area contributed by atoms with Crippen molar-refractivity contribution in [3.05, 3.63) is 89.4 Å². The monoisotopic (exact) mass is 596 g/mol. The Labute approximate surface area is 252 Å². The molecule has 0 atom stereocenters. The van der Waals surface area contributed by atoms with E-state index in [1.54, 1.807) is 13.8 Å². The summed E-state index contributed by atoms with van der Waals surface area (Å²) in [6.45, 7) is 18.6. The number of benzene rings is 2. The van der Waals surface area contributed by atoms with Gasteiger partial charge >= 0.3 is 0 Å². The molecule has 2 rings (SSSR count). The number of hydrogen-bond donors (Lipinski definition) is 2. The van der Waals surface area contributed by atoms with Gasteiger partial charge in [0.1, 0.15) is 0 Å². The van der Waals surface area contributed by atoms with Gasteiger partial charge < -0.3 is 18.4 Å². The topological polar surface area (TPSA) is 69.1 Å². The molecule has 0 heterocycles. The maximum atomic E-state index is 11.1. The van der Waals surface area contributed by atoms with E-state index >= 15 is 0 Å². The maximum Gasteiger partial charge on any atom is 0.155 e. The van der Waals surface area contributed by atoms with Crippen molar-refractivity contribution in [2.75, 3.05) is 11.5 Å². The predicted octanol–water partition coefficient (Wildman–Crippen LogP) is 7.32. The zero-order chi connectivity index (χ0) is 24.1. The van der Waals surface area contributed by atoms with Crippen molar-refractivity contribution < 1.29 is 70.2 Å². The normalized spacial score (nSPS) is 11.6. The van der Waals surface area contributed by atoms with E-state index in [-0.39, 0.29) is 71.2 Å². The van der Waals surface area contributed by atoms with Gasteiger partial charge in [-0.05, 0) is 67.3 Å². The van der Waals surface area contributed by atoms with E-state index in [9.17, 15) is 4.79 Å².